The van der Waals surface area contributed by atoms with E-state index >= 15 is 0 Å². The molecule has 5 heteroatoms. The summed E-state index contributed by atoms with van der Waals surface area (Å²) in [7, 11) is 1.84. The summed E-state index contributed by atoms with van der Waals surface area (Å²) < 4.78 is 0.845. The molecule has 0 radical (unpaired) electrons. The van der Waals surface area contributed by atoms with Crippen molar-refractivity contribution in [3.8, 4) is 0 Å². The van der Waals surface area contributed by atoms with Gasteiger partial charge in [0.25, 0.3) is 0 Å². The first-order chi connectivity index (χ1) is 7.38. The van der Waals surface area contributed by atoms with Crippen LogP contribution in [0.4, 0.5) is 0 Å². The van der Waals surface area contributed by atoms with Gasteiger partial charge in [-0.3, -0.25) is 9.69 Å². The standard InChI is InChI=1S/C11H16BrNO2S/c1-11(2,7-14)13(3)6-9(15)10-8(12)4-5-16-10/h4-5,14H,6-7H2,1-3H3. The zero-order valence-electron chi connectivity index (χ0n) is 9.66. The van der Waals surface area contributed by atoms with Crippen molar-refractivity contribution in [2.45, 2.75) is 19.4 Å². The molecule has 1 aromatic rings. The lowest BCUT2D eigenvalue weighted by Gasteiger charge is -2.33. The Bertz CT molecular complexity index is 376. The van der Waals surface area contributed by atoms with E-state index in [-0.39, 0.29) is 17.9 Å². The number of carbonyl (C=O) groups excluding carboxylic acids is 1. The summed E-state index contributed by atoms with van der Waals surface area (Å²) in [4.78, 5) is 14.6. The topological polar surface area (TPSA) is 40.5 Å². The van der Waals surface area contributed by atoms with Gasteiger partial charge < -0.3 is 5.11 Å². The van der Waals surface area contributed by atoms with Crippen molar-refractivity contribution >= 4 is 33.0 Å². The molecule has 16 heavy (non-hydrogen) atoms. The van der Waals surface area contributed by atoms with Gasteiger partial charge in [-0.05, 0) is 48.3 Å². The molecule has 0 saturated carbocycles. The quantitative estimate of drug-likeness (QED) is 0.849. The van der Waals surface area contributed by atoms with E-state index in [4.69, 9.17) is 0 Å². The first-order valence-electron chi connectivity index (χ1n) is 4.97. The smallest absolute Gasteiger partial charge is 0.187 e. The number of carbonyl (C=O) groups is 1. The highest BCUT2D eigenvalue weighted by molar-refractivity contribution is 9.10. The number of likely N-dealkylation sites (N-methyl/N-ethyl adjacent to an activating group) is 1. The number of hydrogen-bond acceptors (Lipinski definition) is 4. The first kappa shape index (κ1) is 13.8. The molecule has 1 rings (SSSR count). The number of nitrogens with zero attached hydrogens (tertiary/aromatic N) is 1. The summed E-state index contributed by atoms with van der Waals surface area (Å²) in [5.74, 6) is 0.0749. The molecule has 0 aliphatic heterocycles. The van der Waals surface area contributed by atoms with Crippen molar-refractivity contribution < 1.29 is 9.90 Å². The van der Waals surface area contributed by atoms with E-state index in [1.54, 1.807) is 0 Å². The van der Waals surface area contributed by atoms with Gasteiger partial charge in [0.2, 0.25) is 0 Å². The average molecular weight is 306 g/mol. The molecular weight excluding hydrogens is 290 g/mol. The van der Waals surface area contributed by atoms with Crippen LogP contribution in [0.1, 0.15) is 23.5 Å². The molecule has 0 aromatic carbocycles. The van der Waals surface area contributed by atoms with E-state index in [1.807, 2.05) is 37.2 Å². The van der Waals surface area contributed by atoms with Crippen LogP contribution in [0.25, 0.3) is 0 Å². The van der Waals surface area contributed by atoms with Crippen LogP contribution < -0.4 is 0 Å². The van der Waals surface area contributed by atoms with Gasteiger partial charge in [0.05, 0.1) is 18.0 Å². The van der Waals surface area contributed by atoms with Crippen LogP contribution in [0, 0.1) is 0 Å². The lowest BCUT2D eigenvalue weighted by atomic mass is 10.0. The number of ketones is 1. The van der Waals surface area contributed by atoms with Crippen LogP contribution in [0.15, 0.2) is 15.9 Å². The van der Waals surface area contributed by atoms with Crippen molar-refractivity contribution in [3.05, 3.63) is 20.8 Å². The number of thiophene rings is 1. The van der Waals surface area contributed by atoms with Crippen molar-refractivity contribution in [1.29, 1.82) is 0 Å². The number of rotatable bonds is 5. The van der Waals surface area contributed by atoms with E-state index in [9.17, 15) is 9.90 Å². The van der Waals surface area contributed by atoms with E-state index in [0.717, 1.165) is 9.35 Å². The molecule has 90 valence electrons. The highest BCUT2D eigenvalue weighted by Crippen LogP contribution is 2.24. The van der Waals surface area contributed by atoms with E-state index < -0.39 is 0 Å². The minimum atomic E-state index is -0.376. The number of hydrogen-bond donors (Lipinski definition) is 1. The molecule has 0 aliphatic carbocycles. The number of aliphatic hydroxyl groups excluding tert-OH is 1. The highest BCUT2D eigenvalue weighted by Gasteiger charge is 2.25. The van der Waals surface area contributed by atoms with Gasteiger partial charge in [0, 0.05) is 10.0 Å². The molecule has 0 aliphatic rings. The van der Waals surface area contributed by atoms with Crippen LogP contribution in [0.2, 0.25) is 0 Å². The molecule has 0 saturated heterocycles. The van der Waals surface area contributed by atoms with Gasteiger partial charge in [-0.1, -0.05) is 0 Å². The Hall–Kier alpha value is -0.230. The Balaban J connectivity index is 2.69. The van der Waals surface area contributed by atoms with Gasteiger partial charge in [-0.2, -0.15) is 0 Å². The van der Waals surface area contributed by atoms with Crippen molar-refractivity contribution in [3.63, 3.8) is 0 Å². The predicted molar refractivity (Wildman–Crippen MR) is 70.1 cm³/mol. The maximum atomic E-state index is 12.0. The van der Waals surface area contributed by atoms with Gasteiger partial charge in [0.15, 0.2) is 5.78 Å². The molecule has 1 aromatic heterocycles. The van der Waals surface area contributed by atoms with Gasteiger partial charge >= 0.3 is 0 Å². The zero-order chi connectivity index (χ0) is 12.3. The summed E-state index contributed by atoms with van der Waals surface area (Å²) in [5, 5.41) is 11.1. The van der Waals surface area contributed by atoms with Crippen LogP contribution in [0.3, 0.4) is 0 Å². The third kappa shape index (κ3) is 3.13. The van der Waals surface area contributed by atoms with E-state index in [1.165, 1.54) is 11.3 Å². The Morgan fingerprint density at radius 1 is 1.62 bits per heavy atom. The molecule has 1 N–H and O–H groups in total. The Morgan fingerprint density at radius 2 is 2.25 bits per heavy atom. The molecule has 3 nitrogen and oxygen atoms in total. The predicted octanol–water partition coefficient (Wildman–Crippen LogP) is 2.40. The number of aliphatic hydroxyl groups is 1. The fourth-order valence-corrected chi connectivity index (χ4v) is 2.64. The van der Waals surface area contributed by atoms with E-state index in [0.29, 0.717) is 6.54 Å². The SMILES string of the molecule is CN(CC(=O)c1sccc1Br)C(C)(C)CO. The highest BCUT2D eigenvalue weighted by atomic mass is 79.9. The molecule has 0 amide bonds. The van der Waals surface area contributed by atoms with Crippen molar-refractivity contribution in [2.75, 3.05) is 20.2 Å². The Morgan fingerprint density at radius 3 is 2.69 bits per heavy atom. The summed E-state index contributed by atoms with van der Waals surface area (Å²) in [5.41, 5.74) is -0.376. The zero-order valence-corrected chi connectivity index (χ0v) is 12.1. The minimum absolute atomic E-state index is 0.0301. The summed E-state index contributed by atoms with van der Waals surface area (Å²) in [6, 6.07) is 1.87. The Labute approximate surface area is 108 Å². The summed E-state index contributed by atoms with van der Waals surface area (Å²) >= 11 is 4.78. The van der Waals surface area contributed by atoms with Gasteiger partial charge in [-0.15, -0.1) is 11.3 Å². The monoisotopic (exact) mass is 305 g/mol. The molecule has 1 heterocycles. The normalized spacial score (nSPS) is 12.1. The lowest BCUT2D eigenvalue weighted by Crippen LogP contribution is -2.46. The maximum absolute atomic E-state index is 12.0. The fraction of sp³-hybridized carbons (Fsp3) is 0.545. The largest absolute Gasteiger partial charge is 0.394 e. The minimum Gasteiger partial charge on any atom is -0.394 e. The maximum Gasteiger partial charge on any atom is 0.187 e. The van der Waals surface area contributed by atoms with Gasteiger partial charge in [-0.25, -0.2) is 0 Å². The average Bonchev–Trinajstić information content (AvgIpc) is 2.64. The second kappa shape index (κ2) is 5.40. The number of Topliss-reactive ketones (excluding diaryl/α,β-unsaturated/α-hetero) is 1. The summed E-state index contributed by atoms with van der Waals surface area (Å²) in [6.07, 6.45) is 0. The lowest BCUT2D eigenvalue weighted by molar-refractivity contribution is 0.0661. The molecule has 0 unspecified atom stereocenters. The number of halogens is 1. The van der Waals surface area contributed by atoms with Gasteiger partial charge in [0.1, 0.15) is 0 Å². The summed E-state index contributed by atoms with van der Waals surface area (Å²) in [6.45, 7) is 4.16. The third-order valence-electron chi connectivity index (χ3n) is 2.67. The molecule has 0 fully saturated rings. The van der Waals surface area contributed by atoms with Crippen LogP contribution >= 0.6 is 27.3 Å². The van der Waals surface area contributed by atoms with Crippen LogP contribution in [-0.4, -0.2) is 41.5 Å². The van der Waals surface area contributed by atoms with Crippen LogP contribution in [-0.2, 0) is 0 Å². The molecule has 0 bridgehead atoms. The fourth-order valence-electron chi connectivity index (χ4n) is 1.11. The second-order valence-electron chi connectivity index (χ2n) is 4.35. The molecular formula is C11H16BrNO2S. The second-order valence-corrected chi connectivity index (χ2v) is 6.12. The van der Waals surface area contributed by atoms with E-state index in [2.05, 4.69) is 15.9 Å². The van der Waals surface area contributed by atoms with Crippen molar-refractivity contribution in [1.82, 2.24) is 4.90 Å². The van der Waals surface area contributed by atoms with Crippen molar-refractivity contribution in [2.24, 2.45) is 0 Å². The van der Waals surface area contributed by atoms with Crippen LogP contribution in [0.5, 0.6) is 0 Å². The first-order valence-corrected chi connectivity index (χ1v) is 6.64. The third-order valence-corrected chi connectivity index (χ3v) is 4.55. The Kier molecular flexibility index (Phi) is 4.67. The molecule has 0 spiro atoms. The molecule has 0 atom stereocenters.